The minimum Gasteiger partial charge on any atom is -0.398 e. The number of nitrogens with zero attached hydrogens (tertiary/aromatic N) is 1. The molecule has 0 aliphatic heterocycles. The highest BCUT2D eigenvalue weighted by molar-refractivity contribution is 5.99. The van der Waals surface area contributed by atoms with Crippen molar-refractivity contribution in [2.45, 2.75) is 38.1 Å². The molecule has 1 aliphatic carbocycles. The molecule has 0 aromatic heterocycles. The van der Waals surface area contributed by atoms with Gasteiger partial charge in [-0.25, -0.2) is 0 Å². The number of nitrogen functional groups attached to an aromatic ring is 1. The molecule has 1 aromatic rings. The first-order chi connectivity index (χ1) is 9.94. The van der Waals surface area contributed by atoms with Crippen molar-refractivity contribution in [3.05, 3.63) is 29.8 Å². The zero-order valence-electron chi connectivity index (χ0n) is 13.4. The van der Waals surface area contributed by atoms with Gasteiger partial charge >= 0.3 is 0 Å². The van der Waals surface area contributed by atoms with Gasteiger partial charge in [0.25, 0.3) is 5.91 Å². The van der Waals surface area contributed by atoms with Gasteiger partial charge in [0.1, 0.15) is 0 Å². The lowest BCUT2D eigenvalue weighted by atomic mass is 9.75. The van der Waals surface area contributed by atoms with Crippen LogP contribution in [0.5, 0.6) is 0 Å². The van der Waals surface area contributed by atoms with Crippen LogP contribution in [0, 0.1) is 5.92 Å². The van der Waals surface area contributed by atoms with Crippen molar-refractivity contribution >= 4 is 11.6 Å². The zero-order chi connectivity index (χ0) is 15.5. The van der Waals surface area contributed by atoms with Gasteiger partial charge < -0.3 is 16.0 Å². The van der Waals surface area contributed by atoms with Crippen LogP contribution in [0.25, 0.3) is 0 Å². The molecule has 0 radical (unpaired) electrons. The minimum absolute atomic E-state index is 0.0663. The number of anilines is 1. The molecule has 0 spiro atoms. The molecule has 2 unspecified atom stereocenters. The largest absolute Gasteiger partial charge is 0.398 e. The van der Waals surface area contributed by atoms with Gasteiger partial charge in [-0.05, 0) is 45.0 Å². The predicted octanol–water partition coefficient (Wildman–Crippen LogP) is 2.51. The van der Waals surface area contributed by atoms with Crippen LogP contribution in [-0.4, -0.2) is 37.0 Å². The SMILES string of the molecule is CC1CCCC(CNC(=O)c2ccccc2N)(N(C)C)C1. The predicted molar refractivity (Wildman–Crippen MR) is 87.2 cm³/mol. The molecule has 2 atom stereocenters. The first-order valence-corrected chi connectivity index (χ1v) is 7.75. The highest BCUT2D eigenvalue weighted by Gasteiger charge is 2.37. The number of benzene rings is 1. The van der Waals surface area contributed by atoms with Crippen molar-refractivity contribution in [3.63, 3.8) is 0 Å². The fraction of sp³-hybridized carbons (Fsp3) is 0.588. The van der Waals surface area contributed by atoms with E-state index >= 15 is 0 Å². The molecule has 0 heterocycles. The zero-order valence-corrected chi connectivity index (χ0v) is 13.4. The van der Waals surface area contributed by atoms with E-state index in [0.29, 0.717) is 23.7 Å². The standard InChI is InChI=1S/C17H27N3O/c1-13-7-6-10-17(11-13,20(2)3)12-19-16(21)14-8-4-5-9-15(14)18/h4-5,8-9,13H,6-7,10-12,18H2,1-3H3,(H,19,21). The average molecular weight is 289 g/mol. The molecule has 4 heteroatoms. The Morgan fingerprint density at radius 2 is 2.14 bits per heavy atom. The Labute approximate surface area is 127 Å². The van der Waals surface area contributed by atoms with Gasteiger partial charge in [-0.3, -0.25) is 4.79 Å². The number of rotatable bonds is 4. The topological polar surface area (TPSA) is 58.4 Å². The van der Waals surface area contributed by atoms with E-state index < -0.39 is 0 Å². The lowest BCUT2D eigenvalue weighted by Crippen LogP contribution is -2.55. The summed E-state index contributed by atoms with van der Waals surface area (Å²) in [5.41, 5.74) is 7.04. The number of hydrogen-bond acceptors (Lipinski definition) is 3. The number of carbonyl (C=O) groups excluding carboxylic acids is 1. The van der Waals surface area contributed by atoms with E-state index in [9.17, 15) is 4.79 Å². The number of hydrogen-bond donors (Lipinski definition) is 2. The van der Waals surface area contributed by atoms with Crippen molar-refractivity contribution in [1.29, 1.82) is 0 Å². The minimum atomic E-state index is -0.0763. The number of carbonyl (C=O) groups is 1. The molecule has 21 heavy (non-hydrogen) atoms. The summed E-state index contributed by atoms with van der Waals surface area (Å²) in [5.74, 6) is 0.632. The summed E-state index contributed by atoms with van der Waals surface area (Å²) >= 11 is 0. The number of likely N-dealkylation sites (N-methyl/N-ethyl adjacent to an activating group) is 1. The van der Waals surface area contributed by atoms with Gasteiger partial charge in [0.2, 0.25) is 0 Å². The molecule has 1 aliphatic rings. The summed E-state index contributed by atoms with van der Waals surface area (Å²) in [5, 5.41) is 3.09. The third-order valence-electron chi connectivity index (χ3n) is 4.80. The third kappa shape index (κ3) is 3.56. The van der Waals surface area contributed by atoms with Crippen molar-refractivity contribution in [1.82, 2.24) is 10.2 Å². The number of para-hydroxylation sites is 1. The van der Waals surface area contributed by atoms with Gasteiger partial charge in [0, 0.05) is 17.8 Å². The van der Waals surface area contributed by atoms with Crippen molar-refractivity contribution < 1.29 is 4.79 Å². The third-order valence-corrected chi connectivity index (χ3v) is 4.80. The molecule has 4 nitrogen and oxygen atoms in total. The normalized spacial score (nSPS) is 25.8. The molecule has 1 saturated carbocycles. The molecular formula is C17H27N3O. The fourth-order valence-corrected chi connectivity index (χ4v) is 3.40. The van der Waals surface area contributed by atoms with E-state index in [1.807, 2.05) is 12.1 Å². The fourth-order valence-electron chi connectivity index (χ4n) is 3.40. The Balaban J connectivity index is 2.06. The summed E-state index contributed by atoms with van der Waals surface area (Å²) in [6.07, 6.45) is 4.78. The molecule has 0 saturated heterocycles. The maximum absolute atomic E-state index is 12.3. The maximum Gasteiger partial charge on any atom is 0.253 e. The molecule has 2 rings (SSSR count). The van der Waals surface area contributed by atoms with E-state index in [1.165, 1.54) is 12.8 Å². The van der Waals surface area contributed by atoms with Crippen LogP contribution in [0.4, 0.5) is 5.69 Å². The Bertz CT molecular complexity index is 501. The highest BCUT2D eigenvalue weighted by Crippen LogP contribution is 2.35. The van der Waals surface area contributed by atoms with Crippen LogP contribution >= 0.6 is 0 Å². The number of amides is 1. The molecule has 0 bridgehead atoms. The molecule has 1 fully saturated rings. The molecule has 3 N–H and O–H groups in total. The molecule has 116 valence electrons. The Morgan fingerprint density at radius 1 is 1.43 bits per heavy atom. The highest BCUT2D eigenvalue weighted by atomic mass is 16.1. The Morgan fingerprint density at radius 3 is 2.76 bits per heavy atom. The average Bonchev–Trinajstić information content (AvgIpc) is 2.45. The first-order valence-electron chi connectivity index (χ1n) is 7.75. The van der Waals surface area contributed by atoms with Crippen LogP contribution in [0.2, 0.25) is 0 Å². The summed E-state index contributed by atoms with van der Waals surface area (Å²) in [4.78, 5) is 14.6. The summed E-state index contributed by atoms with van der Waals surface area (Å²) in [7, 11) is 4.22. The van der Waals surface area contributed by atoms with Crippen LogP contribution in [-0.2, 0) is 0 Å². The lowest BCUT2D eigenvalue weighted by Gasteiger charge is -2.45. The maximum atomic E-state index is 12.3. The van der Waals surface area contributed by atoms with Crippen molar-refractivity contribution in [3.8, 4) is 0 Å². The number of nitrogens with two attached hydrogens (primary N) is 1. The van der Waals surface area contributed by atoms with Crippen LogP contribution < -0.4 is 11.1 Å². The van der Waals surface area contributed by atoms with Crippen LogP contribution in [0.1, 0.15) is 43.0 Å². The second kappa shape index (κ2) is 6.48. The summed E-state index contributed by atoms with van der Waals surface area (Å²) in [6.45, 7) is 2.98. The van der Waals surface area contributed by atoms with E-state index in [-0.39, 0.29) is 11.4 Å². The van der Waals surface area contributed by atoms with E-state index in [4.69, 9.17) is 5.73 Å². The van der Waals surface area contributed by atoms with Crippen LogP contribution in [0.3, 0.4) is 0 Å². The Hall–Kier alpha value is -1.55. The van der Waals surface area contributed by atoms with Crippen LogP contribution in [0.15, 0.2) is 24.3 Å². The van der Waals surface area contributed by atoms with Crippen molar-refractivity contribution in [2.75, 3.05) is 26.4 Å². The van der Waals surface area contributed by atoms with E-state index in [2.05, 4.69) is 31.2 Å². The molecular weight excluding hydrogens is 262 g/mol. The van der Waals surface area contributed by atoms with E-state index in [1.54, 1.807) is 12.1 Å². The van der Waals surface area contributed by atoms with Gasteiger partial charge in [-0.15, -0.1) is 0 Å². The summed E-state index contributed by atoms with van der Waals surface area (Å²) < 4.78 is 0. The quantitative estimate of drug-likeness (QED) is 0.837. The van der Waals surface area contributed by atoms with Gasteiger partial charge in [0.15, 0.2) is 0 Å². The van der Waals surface area contributed by atoms with Gasteiger partial charge in [-0.2, -0.15) is 0 Å². The van der Waals surface area contributed by atoms with Gasteiger partial charge in [0.05, 0.1) is 5.56 Å². The lowest BCUT2D eigenvalue weighted by molar-refractivity contribution is 0.0675. The second-order valence-electron chi connectivity index (χ2n) is 6.59. The molecule has 1 amide bonds. The van der Waals surface area contributed by atoms with E-state index in [0.717, 1.165) is 12.8 Å². The molecule has 1 aromatic carbocycles. The monoisotopic (exact) mass is 289 g/mol. The first kappa shape index (κ1) is 15.8. The summed E-state index contributed by atoms with van der Waals surface area (Å²) in [6, 6.07) is 7.22. The Kier molecular flexibility index (Phi) is 4.88. The van der Waals surface area contributed by atoms with Gasteiger partial charge in [-0.1, -0.05) is 31.9 Å². The smallest absolute Gasteiger partial charge is 0.253 e. The van der Waals surface area contributed by atoms with Crippen molar-refractivity contribution in [2.24, 2.45) is 5.92 Å². The second-order valence-corrected chi connectivity index (χ2v) is 6.59. The number of nitrogens with one attached hydrogen (secondary N) is 1.